The fourth-order valence-corrected chi connectivity index (χ4v) is 3.81. The Hall–Kier alpha value is -3.08. The maximum Gasteiger partial charge on any atom is 0.336 e. The van der Waals surface area contributed by atoms with Crippen LogP contribution in [0.25, 0.3) is 0 Å². The summed E-state index contributed by atoms with van der Waals surface area (Å²) in [4.78, 5) is 27.2. The van der Waals surface area contributed by atoms with Gasteiger partial charge in [0.15, 0.2) is 0 Å². The first-order valence-electron chi connectivity index (χ1n) is 8.29. The second-order valence-corrected chi connectivity index (χ2v) is 6.14. The Morgan fingerprint density at radius 3 is 1.81 bits per heavy atom. The van der Waals surface area contributed by atoms with Gasteiger partial charge in [-0.1, -0.05) is 60.7 Å². The van der Waals surface area contributed by atoms with Crippen LogP contribution in [0.4, 0.5) is 0 Å². The maximum atomic E-state index is 12.9. The third kappa shape index (κ3) is 2.56. The third-order valence-electron chi connectivity index (χ3n) is 4.90. The van der Waals surface area contributed by atoms with Crippen molar-refractivity contribution in [1.29, 1.82) is 0 Å². The van der Waals surface area contributed by atoms with Gasteiger partial charge in [-0.15, -0.1) is 0 Å². The number of benzene rings is 2. The average Bonchev–Trinajstić information content (AvgIpc) is 3.02. The zero-order valence-corrected chi connectivity index (χ0v) is 15.0. The van der Waals surface area contributed by atoms with Crippen molar-refractivity contribution in [2.75, 3.05) is 21.3 Å². The first-order valence-corrected chi connectivity index (χ1v) is 8.29. The first kappa shape index (κ1) is 17.7. The Morgan fingerprint density at radius 1 is 0.885 bits per heavy atom. The number of methoxy groups -OCH3 is 2. The lowest BCUT2D eigenvalue weighted by atomic mass is 9.71. The van der Waals surface area contributed by atoms with Crippen molar-refractivity contribution in [3.05, 3.63) is 83.6 Å². The zero-order chi connectivity index (χ0) is 18.7. The van der Waals surface area contributed by atoms with Gasteiger partial charge in [0.05, 0.1) is 19.8 Å². The van der Waals surface area contributed by atoms with Gasteiger partial charge in [0.2, 0.25) is 0 Å². The maximum absolute atomic E-state index is 12.9. The lowest BCUT2D eigenvalue weighted by Gasteiger charge is -2.42. The van der Waals surface area contributed by atoms with Crippen molar-refractivity contribution < 1.29 is 19.1 Å². The number of nitrogens with zero attached hydrogens (tertiary/aromatic N) is 1. The summed E-state index contributed by atoms with van der Waals surface area (Å²) in [7, 11) is 4.49. The molecule has 0 N–H and O–H groups in total. The number of hydrogen-bond donors (Lipinski definition) is 0. The Bertz CT molecular complexity index is 790. The molecule has 0 amide bonds. The first-order chi connectivity index (χ1) is 12.6. The summed E-state index contributed by atoms with van der Waals surface area (Å²) < 4.78 is 10.0. The highest BCUT2D eigenvalue weighted by Crippen LogP contribution is 2.50. The van der Waals surface area contributed by atoms with Crippen LogP contribution < -0.4 is 0 Å². The Kier molecular flexibility index (Phi) is 4.80. The molecule has 1 heterocycles. The number of rotatable bonds is 4. The van der Waals surface area contributed by atoms with Crippen molar-refractivity contribution in [3.63, 3.8) is 0 Å². The predicted octanol–water partition coefficient (Wildman–Crippen LogP) is 2.72. The number of carbonyl (C=O) groups is 2. The monoisotopic (exact) mass is 351 g/mol. The van der Waals surface area contributed by atoms with Gasteiger partial charge in [0.1, 0.15) is 11.5 Å². The molecule has 2 aromatic rings. The molecule has 26 heavy (non-hydrogen) atoms. The van der Waals surface area contributed by atoms with E-state index in [1.165, 1.54) is 14.2 Å². The van der Waals surface area contributed by atoms with Gasteiger partial charge in [0, 0.05) is 13.2 Å². The molecule has 5 nitrogen and oxygen atoms in total. The summed E-state index contributed by atoms with van der Waals surface area (Å²) in [6, 6.07) is 19.3. The molecule has 2 aromatic carbocycles. The molecule has 0 bridgehead atoms. The average molecular weight is 351 g/mol. The molecular weight excluding hydrogens is 330 g/mol. The van der Waals surface area contributed by atoms with E-state index in [0.717, 1.165) is 11.1 Å². The molecule has 0 aliphatic carbocycles. The molecule has 3 rings (SSSR count). The highest BCUT2D eigenvalue weighted by atomic mass is 16.5. The molecule has 0 saturated heterocycles. The molecular formula is C21H21NO4. The van der Waals surface area contributed by atoms with E-state index in [4.69, 9.17) is 9.47 Å². The minimum atomic E-state index is -0.904. The normalized spacial score (nSPS) is 18.2. The molecule has 1 atom stereocenters. The quantitative estimate of drug-likeness (QED) is 0.793. The molecule has 0 fully saturated rings. The van der Waals surface area contributed by atoms with Crippen LogP contribution in [0, 0.1) is 5.92 Å². The molecule has 0 saturated carbocycles. The smallest absolute Gasteiger partial charge is 0.336 e. The highest BCUT2D eigenvalue weighted by molar-refractivity contribution is 5.98. The second kappa shape index (κ2) is 7.04. The van der Waals surface area contributed by atoms with Gasteiger partial charge in [0.25, 0.3) is 0 Å². The summed E-state index contributed by atoms with van der Waals surface area (Å²) in [5.41, 5.74) is 1.15. The van der Waals surface area contributed by atoms with Gasteiger partial charge in [-0.05, 0) is 11.1 Å². The van der Waals surface area contributed by atoms with Crippen LogP contribution >= 0.6 is 0 Å². The highest BCUT2D eigenvalue weighted by Gasteiger charge is 2.56. The molecule has 0 radical (unpaired) electrons. The van der Waals surface area contributed by atoms with Crippen molar-refractivity contribution in [1.82, 2.24) is 4.90 Å². The van der Waals surface area contributed by atoms with Crippen LogP contribution in [0.5, 0.6) is 0 Å². The van der Waals surface area contributed by atoms with Crippen molar-refractivity contribution in [3.8, 4) is 0 Å². The molecule has 1 aliphatic rings. The van der Waals surface area contributed by atoms with E-state index < -0.39 is 23.4 Å². The summed E-state index contributed by atoms with van der Waals surface area (Å²) in [6.07, 6.45) is 1.67. The van der Waals surface area contributed by atoms with Gasteiger partial charge < -0.3 is 14.4 Å². The summed E-state index contributed by atoms with van der Waals surface area (Å²) >= 11 is 0. The molecule has 0 spiro atoms. The minimum absolute atomic E-state index is 0.273. The van der Waals surface area contributed by atoms with E-state index in [1.54, 1.807) is 6.20 Å². The van der Waals surface area contributed by atoms with E-state index in [1.807, 2.05) is 72.6 Å². The molecule has 134 valence electrons. The van der Waals surface area contributed by atoms with Crippen LogP contribution in [0.3, 0.4) is 0 Å². The van der Waals surface area contributed by atoms with Crippen LogP contribution in [0.1, 0.15) is 11.1 Å². The van der Waals surface area contributed by atoms with E-state index in [-0.39, 0.29) is 5.57 Å². The van der Waals surface area contributed by atoms with Crippen LogP contribution in [0.2, 0.25) is 0 Å². The number of carbonyl (C=O) groups excluding carboxylic acids is 2. The van der Waals surface area contributed by atoms with Crippen LogP contribution in [-0.2, 0) is 24.6 Å². The molecule has 1 unspecified atom stereocenters. The molecule has 1 aliphatic heterocycles. The summed E-state index contributed by atoms with van der Waals surface area (Å²) in [5.74, 6) is -1.88. The standard InChI is InChI=1S/C21H21NO4/c1-22-14-17(19(23)25-2)18(20(24)26-3)21(22,15-10-6-4-7-11-15)16-12-8-5-9-13-16/h4-14,18H,1-3H3. The van der Waals surface area contributed by atoms with Crippen molar-refractivity contribution in [2.24, 2.45) is 5.92 Å². The summed E-state index contributed by atoms with van der Waals surface area (Å²) in [5, 5.41) is 0. The van der Waals surface area contributed by atoms with E-state index in [2.05, 4.69) is 0 Å². The molecule has 0 aromatic heterocycles. The van der Waals surface area contributed by atoms with E-state index in [0.29, 0.717) is 0 Å². The van der Waals surface area contributed by atoms with Gasteiger partial charge in [-0.2, -0.15) is 0 Å². The summed E-state index contributed by atoms with van der Waals surface area (Å²) in [6.45, 7) is 0. The zero-order valence-electron chi connectivity index (χ0n) is 15.0. The second-order valence-electron chi connectivity index (χ2n) is 6.14. The fraction of sp³-hybridized carbons (Fsp3) is 0.238. The number of esters is 2. The molecule has 5 heteroatoms. The number of ether oxygens (including phenoxy) is 2. The van der Waals surface area contributed by atoms with Crippen LogP contribution in [-0.4, -0.2) is 38.1 Å². The lowest BCUT2D eigenvalue weighted by molar-refractivity contribution is -0.150. The number of hydrogen-bond acceptors (Lipinski definition) is 5. The fourth-order valence-electron chi connectivity index (χ4n) is 3.81. The van der Waals surface area contributed by atoms with Crippen LogP contribution in [0.15, 0.2) is 72.4 Å². The minimum Gasteiger partial charge on any atom is -0.468 e. The van der Waals surface area contributed by atoms with E-state index >= 15 is 0 Å². The van der Waals surface area contributed by atoms with Gasteiger partial charge in [-0.3, -0.25) is 4.79 Å². The van der Waals surface area contributed by atoms with Gasteiger partial charge in [-0.25, -0.2) is 4.79 Å². The third-order valence-corrected chi connectivity index (χ3v) is 4.90. The van der Waals surface area contributed by atoms with Gasteiger partial charge >= 0.3 is 11.9 Å². The SMILES string of the molecule is COC(=O)C1=CN(C)C(c2ccccc2)(c2ccccc2)C1C(=O)OC. The Balaban J connectivity index is 2.32. The topological polar surface area (TPSA) is 55.8 Å². The Morgan fingerprint density at radius 2 is 1.38 bits per heavy atom. The van der Waals surface area contributed by atoms with Crippen molar-refractivity contribution in [2.45, 2.75) is 5.54 Å². The van der Waals surface area contributed by atoms with E-state index in [9.17, 15) is 9.59 Å². The largest absolute Gasteiger partial charge is 0.468 e. The lowest BCUT2D eigenvalue weighted by Crippen LogP contribution is -2.48. The predicted molar refractivity (Wildman–Crippen MR) is 97.0 cm³/mol. The Labute approximate surface area is 152 Å². The van der Waals surface area contributed by atoms with Crippen molar-refractivity contribution >= 4 is 11.9 Å².